The number of halogens is 3. The first-order valence-electron chi connectivity index (χ1n) is 9.59. The van der Waals surface area contributed by atoms with Gasteiger partial charge in [-0.15, -0.1) is 13.2 Å². The van der Waals surface area contributed by atoms with Gasteiger partial charge in [0, 0.05) is 37.6 Å². The second-order valence-corrected chi connectivity index (χ2v) is 6.94. The van der Waals surface area contributed by atoms with Crippen LogP contribution >= 0.6 is 0 Å². The molecule has 0 aromatic heterocycles. The Morgan fingerprint density at radius 1 is 0.967 bits per heavy atom. The van der Waals surface area contributed by atoms with Crippen LogP contribution in [0.5, 0.6) is 11.5 Å². The van der Waals surface area contributed by atoms with Gasteiger partial charge in [0.25, 0.3) is 0 Å². The largest absolute Gasteiger partial charge is 0.573 e. The van der Waals surface area contributed by atoms with Crippen LogP contribution in [0.25, 0.3) is 0 Å². The Bertz CT molecular complexity index is 826. The third-order valence-electron chi connectivity index (χ3n) is 4.76. The van der Waals surface area contributed by atoms with E-state index in [4.69, 9.17) is 4.74 Å². The molecule has 3 rings (SSSR count). The van der Waals surface area contributed by atoms with Crippen molar-refractivity contribution in [2.24, 2.45) is 0 Å². The number of rotatable bonds is 6. The van der Waals surface area contributed by atoms with Gasteiger partial charge in [0.2, 0.25) is 5.91 Å². The topological polar surface area (TPSA) is 54.0 Å². The van der Waals surface area contributed by atoms with Crippen molar-refractivity contribution < 1.29 is 27.4 Å². The van der Waals surface area contributed by atoms with E-state index in [-0.39, 0.29) is 18.2 Å². The van der Waals surface area contributed by atoms with Crippen molar-refractivity contribution in [2.75, 3.05) is 50.1 Å². The molecule has 1 N–H and O–H groups in total. The minimum atomic E-state index is -4.74. The summed E-state index contributed by atoms with van der Waals surface area (Å²) in [5, 5.41) is 2.71. The molecule has 1 saturated heterocycles. The molecule has 1 aliphatic rings. The zero-order valence-electron chi connectivity index (χ0n) is 16.6. The highest BCUT2D eigenvalue weighted by Crippen LogP contribution is 2.24. The summed E-state index contributed by atoms with van der Waals surface area (Å²) in [6.07, 6.45) is -3.82. The fourth-order valence-electron chi connectivity index (χ4n) is 3.32. The van der Waals surface area contributed by atoms with Crippen molar-refractivity contribution >= 4 is 17.3 Å². The molecular weight excluding hydrogens is 399 g/mol. The minimum Gasteiger partial charge on any atom is -0.497 e. The number of alkyl halides is 3. The molecule has 2 aromatic carbocycles. The molecule has 0 bridgehead atoms. The Balaban J connectivity index is 1.48. The molecule has 30 heavy (non-hydrogen) atoms. The van der Waals surface area contributed by atoms with Crippen molar-refractivity contribution in [3.63, 3.8) is 0 Å². The average molecular weight is 423 g/mol. The average Bonchev–Trinajstić information content (AvgIpc) is 2.94. The maximum atomic E-state index is 12.3. The van der Waals surface area contributed by atoms with Crippen LogP contribution in [0.1, 0.15) is 6.42 Å². The van der Waals surface area contributed by atoms with Crippen LogP contribution in [0, 0.1) is 0 Å². The number of hydrogen-bond donors (Lipinski definition) is 1. The van der Waals surface area contributed by atoms with Gasteiger partial charge in [-0.05, 0) is 55.0 Å². The van der Waals surface area contributed by atoms with E-state index < -0.39 is 6.36 Å². The van der Waals surface area contributed by atoms with E-state index in [0.717, 1.165) is 44.0 Å². The molecule has 6 nitrogen and oxygen atoms in total. The smallest absolute Gasteiger partial charge is 0.497 e. The van der Waals surface area contributed by atoms with E-state index in [2.05, 4.69) is 19.9 Å². The number of benzene rings is 2. The Morgan fingerprint density at radius 3 is 2.27 bits per heavy atom. The SMILES string of the molecule is COc1ccc(N2CCCN(CC(=O)Nc3ccc(OC(F)(F)F)cc3)CC2)cc1. The normalized spacial score (nSPS) is 15.4. The molecule has 2 aromatic rings. The molecule has 1 aliphatic heterocycles. The third kappa shape index (κ3) is 6.55. The second kappa shape index (κ2) is 9.71. The highest BCUT2D eigenvalue weighted by atomic mass is 19.4. The molecule has 0 spiro atoms. The van der Waals surface area contributed by atoms with E-state index in [1.165, 1.54) is 24.3 Å². The summed E-state index contributed by atoms with van der Waals surface area (Å²) in [7, 11) is 1.63. The summed E-state index contributed by atoms with van der Waals surface area (Å²) >= 11 is 0. The molecule has 0 atom stereocenters. The van der Waals surface area contributed by atoms with Crippen LogP contribution in [0.3, 0.4) is 0 Å². The Hall–Kier alpha value is -2.94. The Kier molecular flexibility index (Phi) is 7.04. The number of ether oxygens (including phenoxy) is 2. The first kappa shape index (κ1) is 21.8. The molecular formula is C21H24F3N3O3. The highest BCUT2D eigenvalue weighted by Gasteiger charge is 2.31. The van der Waals surface area contributed by atoms with E-state index >= 15 is 0 Å². The Morgan fingerprint density at radius 2 is 1.63 bits per heavy atom. The van der Waals surface area contributed by atoms with Gasteiger partial charge in [0.15, 0.2) is 0 Å². The van der Waals surface area contributed by atoms with E-state index in [1.54, 1.807) is 7.11 Å². The molecule has 0 radical (unpaired) electrons. The summed E-state index contributed by atoms with van der Waals surface area (Å²) in [5.74, 6) is 0.272. The van der Waals surface area contributed by atoms with Crippen LogP contribution in [-0.4, -0.2) is 57.0 Å². The quantitative estimate of drug-likeness (QED) is 0.767. The molecule has 1 heterocycles. The van der Waals surface area contributed by atoms with Crippen LogP contribution in [-0.2, 0) is 4.79 Å². The van der Waals surface area contributed by atoms with Crippen LogP contribution < -0.4 is 19.7 Å². The van der Waals surface area contributed by atoms with Gasteiger partial charge in [-0.1, -0.05) is 0 Å². The minimum absolute atomic E-state index is 0.211. The van der Waals surface area contributed by atoms with Crippen LogP contribution in [0.4, 0.5) is 24.5 Å². The predicted molar refractivity (Wildman–Crippen MR) is 108 cm³/mol. The molecule has 1 fully saturated rings. The number of carbonyl (C=O) groups is 1. The van der Waals surface area contributed by atoms with E-state index in [9.17, 15) is 18.0 Å². The van der Waals surface area contributed by atoms with Crippen molar-refractivity contribution in [3.05, 3.63) is 48.5 Å². The van der Waals surface area contributed by atoms with Gasteiger partial charge in [0.05, 0.1) is 13.7 Å². The summed E-state index contributed by atoms with van der Waals surface area (Å²) in [6.45, 7) is 3.43. The standard InChI is InChI=1S/C21H24F3N3O3/c1-29-18-9-5-17(6-10-18)27-12-2-11-26(13-14-27)15-20(28)25-16-3-7-19(8-4-16)30-21(22,23)24/h3-10H,2,11-15H2,1H3,(H,25,28). The zero-order chi connectivity index (χ0) is 21.6. The lowest BCUT2D eigenvalue weighted by atomic mass is 10.2. The lowest BCUT2D eigenvalue weighted by Crippen LogP contribution is -2.36. The fourth-order valence-corrected chi connectivity index (χ4v) is 3.32. The van der Waals surface area contributed by atoms with Gasteiger partial charge >= 0.3 is 6.36 Å². The number of nitrogens with one attached hydrogen (secondary N) is 1. The lowest BCUT2D eigenvalue weighted by Gasteiger charge is -2.23. The number of hydrogen-bond acceptors (Lipinski definition) is 5. The van der Waals surface area contributed by atoms with E-state index in [1.807, 2.05) is 24.3 Å². The number of carbonyl (C=O) groups excluding carboxylic acids is 1. The van der Waals surface area contributed by atoms with Crippen molar-refractivity contribution in [1.29, 1.82) is 0 Å². The first-order valence-corrected chi connectivity index (χ1v) is 9.59. The lowest BCUT2D eigenvalue weighted by molar-refractivity contribution is -0.274. The van der Waals surface area contributed by atoms with Crippen molar-refractivity contribution in [1.82, 2.24) is 4.90 Å². The molecule has 0 aliphatic carbocycles. The van der Waals surface area contributed by atoms with Gasteiger partial charge in [-0.2, -0.15) is 0 Å². The van der Waals surface area contributed by atoms with Crippen LogP contribution in [0.15, 0.2) is 48.5 Å². The number of nitrogens with zero attached hydrogens (tertiary/aromatic N) is 2. The molecule has 1 amide bonds. The van der Waals surface area contributed by atoms with Gasteiger partial charge < -0.3 is 19.7 Å². The second-order valence-electron chi connectivity index (χ2n) is 6.94. The fraction of sp³-hybridized carbons (Fsp3) is 0.381. The number of amides is 1. The third-order valence-corrected chi connectivity index (χ3v) is 4.76. The van der Waals surface area contributed by atoms with Crippen LogP contribution in [0.2, 0.25) is 0 Å². The molecule has 0 saturated carbocycles. The first-order chi connectivity index (χ1) is 14.3. The van der Waals surface area contributed by atoms with Gasteiger partial charge in [-0.3, -0.25) is 9.69 Å². The highest BCUT2D eigenvalue weighted by molar-refractivity contribution is 5.92. The van der Waals surface area contributed by atoms with E-state index in [0.29, 0.717) is 5.69 Å². The number of anilines is 2. The maximum absolute atomic E-state index is 12.3. The summed E-state index contributed by atoms with van der Waals surface area (Å²) in [5.41, 5.74) is 1.53. The monoisotopic (exact) mass is 423 g/mol. The maximum Gasteiger partial charge on any atom is 0.573 e. The molecule has 9 heteroatoms. The Labute approximate surface area is 173 Å². The number of methoxy groups -OCH3 is 1. The summed E-state index contributed by atoms with van der Waals surface area (Å²) < 4.78 is 45.6. The predicted octanol–water partition coefficient (Wildman–Crippen LogP) is 3.74. The van der Waals surface area contributed by atoms with Crippen molar-refractivity contribution in [2.45, 2.75) is 12.8 Å². The van der Waals surface area contributed by atoms with Crippen molar-refractivity contribution in [3.8, 4) is 11.5 Å². The van der Waals surface area contributed by atoms with Gasteiger partial charge in [-0.25, -0.2) is 0 Å². The molecule has 0 unspecified atom stereocenters. The summed E-state index contributed by atoms with van der Waals surface area (Å²) in [6, 6.07) is 13.0. The molecule has 162 valence electrons. The zero-order valence-corrected chi connectivity index (χ0v) is 16.6. The van der Waals surface area contributed by atoms with Gasteiger partial charge in [0.1, 0.15) is 11.5 Å². The summed E-state index contributed by atoms with van der Waals surface area (Å²) in [4.78, 5) is 16.7.